The molecule has 0 aliphatic heterocycles. The Morgan fingerprint density at radius 1 is 1.16 bits per heavy atom. The number of hydrogen-bond acceptors (Lipinski definition) is 3. The molecule has 6 nitrogen and oxygen atoms in total. The summed E-state index contributed by atoms with van der Waals surface area (Å²) in [5.74, 6) is -0.543. The van der Waals surface area contributed by atoms with E-state index in [1.807, 2.05) is 0 Å². The van der Waals surface area contributed by atoms with Crippen LogP contribution in [0.3, 0.4) is 0 Å². The molecule has 1 aliphatic rings. The van der Waals surface area contributed by atoms with Gasteiger partial charge in [-0.05, 0) is 37.1 Å². The summed E-state index contributed by atoms with van der Waals surface area (Å²) in [7, 11) is -3.57. The Balaban J connectivity index is 2.00. The molecule has 0 aromatic heterocycles. The van der Waals surface area contributed by atoms with Crippen LogP contribution in [0.2, 0.25) is 0 Å². The third-order valence-electron chi connectivity index (χ3n) is 3.10. The first-order valence-corrected chi connectivity index (χ1v) is 7.64. The van der Waals surface area contributed by atoms with Gasteiger partial charge in [0.05, 0.1) is 0 Å². The third-order valence-corrected chi connectivity index (χ3v) is 4.25. The van der Waals surface area contributed by atoms with Crippen LogP contribution < -0.4 is 15.2 Å². The first-order valence-electron chi connectivity index (χ1n) is 6.16. The van der Waals surface area contributed by atoms with Gasteiger partial charge in [0.15, 0.2) is 0 Å². The number of amides is 1. The van der Waals surface area contributed by atoms with Crippen LogP contribution in [0.1, 0.15) is 36.0 Å². The van der Waals surface area contributed by atoms with Crippen molar-refractivity contribution in [2.24, 2.45) is 5.73 Å². The maximum Gasteiger partial charge on any atom is 0.299 e. The SMILES string of the molecule is NC(=O)c1ccc(NS(=O)(=O)NC2CCCC2)cc1. The van der Waals surface area contributed by atoms with Gasteiger partial charge in [0.2, 0.25) is 5.91 Å². The molecule has 1 aliphatic carbocycles. The van der Waals surface area contributed by atoms with E-state index in [9.17, 15) is 13.2 Å². The standard InChI is InChI=1S/C12H17N3O3S/c13-12(16)9-5-7-11(8-6-9)15-19(17,18)14-10-3-1-2-4-10/h5-8,10,14-15H,1-4H2,(H2,13,16). The van der Waals surface area contributed by atoms with Crippen molar-refractivity contribution < 1.29 is 13.2 Å². The predicted molar refractivity (Wildman–Crippen MR) is 72.9 cm³/mol. The molecule has 0 spiro atoms. The minimum Gasteiger partial charge on any atom is -0.366 e. The number of nitrogens with one attached hydrogen (secondary N) is 2. The number of anilines is 1. The molecule has 0 atom stereocenters. The van der Waals surface area contributed by atoms with E-state index in [4.69, 9.17) is 5.73 Å². The lowest BCUT2D eigenvalue weighted by atomic mass is 10.2. The zero-order valence-electron chi connectivity index (χ0n) is 10.4. The summed E-state index contributed by atoms with van der Waals surface area (Å²) in [5, 5.41) is 0. The van der Waals surface area contributed by atoms with Gasteiger partial charge >= 0.3 is 0 Å². The van der Waals surface area contributed by atoms with Crippen molar-refractivity contribution in [1.82, 2.24) is 4.72 Å². The molecular formula is C12H17N3O3S. The molecule has 1 saturated carbocycles. The highest BCUT2D eigenvalue weighted by molar-refractivity contribution is 7.90. The minimum atomic E-state index is -3.57. The molecule has 19 heavy (non-hydrogen) atoms. The second-order valence-electron chi connectivity index (χ2n) is 4.65. The predicted octanol–water partition coefficient (Wildman–Crippen LogP) is 0.974. The number of rotatable bonds is 5. The summed E-state index contributed by atoms with van der Waals surface area (Å²) in [6, 6.07) is 6.00. The van der Waals surface area contributed by atoms with Crippen molar-refractivity contribution in [3.63, 3.8) is 0 Å². The fraction of sp³-hybridized carbons (Fsp3) is 0.417. The largest absolute Gasteiger partial charge is 0.366 e. The third kappa shape index (κ3) is 3.93. The van der Waals surface area contributed by atoms with Crippen LogP contribution in [0.4, 0.5) is 5.69 Å². The van der Waals surface area contributed by atoms with Crippen LogP contribution in [0.25, 0.3) is 0 Å². The molecule has 0 bridgehead atoms. The van der Waals surface area contributed by atoms with Gasteiger partial charge in [-0.25, -0.2) is 0 Å². The summed E-state index contributed by atoms with van der Waals surface area (Å²) in [4.78, 5) is 10.9. The van der Waals surface area contributed by atoms with Crippen molar-refractivity contribution in [2.45, 2.75) is 31.7 Å². The van der Waals surface area contributed by atoms with Crippen molar-refractivity contribution >= 4 is 21.8 Å². The van der Waals surface area contributed by atoms with Gasteiger partial charge in [-0.2, -0.15) is 13.1 Å². The average Bonchev–Trinajstić information content (AvgIpc) is 2.81. The van der Waals surface area contributed by atoms with Crippen LogP contribution >= 0.6 is 0 Å². The molecule has 2 rings (SSSR count). The number of primary amides is 1. The van der Waals surface area contributed by atoms with Crippen molar-refractivity contribution in [3.05, 3.63) is 29.8 Å². The van der Waals surface area contributed by atoms with E-state index in [0.717, 1.165) is 25.7 Å². The van der Waals surface area contributed by atoms with Gasteiger partial charge in [-0.1, -0.05) is 12.8 Å². The van der Waals surface area contributed by atoms with Crippen LogP contribution in [-0.2, 0) is 10.2 Å². The molecule has 104 valence electrons. The van der Waals surface area contributed by atoms with Gasteiger partial charge in [0.1, 0.15) is 0 Å². The lowest BCUT2D eigenvalue weighted by Gasteiger charge is -2.14. The van der Waals surface area contributed by atoms with E-state index in [0.29, 0.717) is 11.3 Å². The van der Waals surface area contributed by atoms with Gasteiger partial charge in [-0.3, -0.25) is 9.52 Å². The van der Waals surface area contributed by atoms with Crippen molar-refractivity contribution in [2.75, 3.05) is 4.72 Å². The smallest absolute Gasteiger partial charge is 0.299 e. The Morgan fingerprint density at radius 3 is 2.26 bits per heavy atom. The van der Waals surface area contributed by atoms with Gasteiger partial charge < -0.3 is 5.73 Å². The monoisotopic (exact) mass is 283 g/mol. The van der Waals surface area contributed by atoms with Crippen LogP contribution in [0.5, 0.6) is 0 Å². The van der Waals surface area contributed by atoms with E-state index >= 15 is 0 Å². The lowest BCUT2D eigenvalue weighted by molar-refractivity contribution is 0.100. The number of hydrogen-bond donors (Lipinski definition) is 3. The normalized spacial score (nSPS) is 16.4. The van der Waals surface area contributed by atoms with Crippen molar-refractivity contribution in [1.29, 1.82) is 0 Å². The molecule has 0 saturated heterocycles. The first-order chi connectivity index (χ1) is 8.96. The Labute approximate surface area is 112 Å². The molecule has 0 radical (unpaired) electrons. The fourth-order valence-corrected chi connectivity index (χ4v) is 3.33. The lowest BCUT2D eigenvalue weighted by Crippen LogP contribution is -2.37. The Hall–Kier alpha value is -1.60. The minimum absolute atomic E-state index is 0.0161. The van der Waals surface area contributed by atoms with E-state index in [1.165, 1.54) is 24.3 Å². The molecule has 1 aromatic carbocycles. The fourth-order valence-electron chi connectivity index (χ4n) is 2.15. The van der Waals surface area contributed by atoms with E-state index < -0.39 is 16.1 Å². The van der Waals surface area contributed by atoms with Gasteiger partial charge in [0.25, 0.3) is 10.2 Å². The summed E-state index contributed by atoms with van der Waals surface area (Å²) in [5.41, 5.74) is 5.85. The summed E-state index contributed by atoms with van der Waals surface area (Å²) >= 11 is 0. The molecule has 4 N–H and O–H groups in total. The van der Waals surface area contributed by atoms with Crippen molar-refractivity contribution in [3.8, 4) is 0 Å². The summed E-state index contributed by atoms with van der Waals surface area (Å²) < 4.78 is 28.8. The maximum absolute atomic E-state index is 11.9. The van der Waals surface area contributed by atoms with E-state index in [2.05, 4.69) is 9.44 Å². The summed E-state index contributed by atoms with van der Waals surface area (Å²) in [6.45, 7) is 0. The zero-order valence-corrected chi connectivity index (χ0v) is 11.2. The Bertz CT molecular complexity index is 548. The Kier molecular flexibility index (Phi) is 4.06. The average molecular weight is 283 g/mol. The van der Waals surface area contributed by atoms with Gasteiger partial charge in [0, 0.05) is 17.3 Å². The second-order valence-corrected chi connectivity index (χ2v) is 6.09. The highest BCUT2D eigenvalue weighted by Gasteiger charge is 2.21. The molecular weight excluding hydrogens is 266 g/mol. The molecule has 1 fully saturated rings. The molecule has 1 amide bonds. The summed E-state index contributed by atoms with van der Waals surface area (Å²) in [6.07, 6.45) is 3.87. The molecule has 0 heterocycles. The highest BCUT2D eigenvalue weighted by atomic mass is 32.2. The van der Waals surface area contributed by atoms with Crippen LogP contribution in [0, 0.1) is 0 Å². The molecule has 7 heteroatoms. The van der Waals surface area contributed by atoms with E-state index in [-0.39, 0.29) is 6.04 Å². The number of benzene rings is 1. The molecule has 0 unspecified atom stereocenters. The maximum atomic E-state index is 11.9. The zero-order chi connectivity index (χ0) is 13.9. The van der Waals surface area contributed by atoms with Gasteiger partial charge in [-0.15, -0.1) is 0 Å². The quantitative estimate of drug-likeness (QED) is 0.750. The number of carbonyl (C=O) groups is 1. The first kappa shape index (κ1) is 13.8. The molecule has 1 aromatic rings. The van der Waals surface area contributed by atoms with Crippen LogP contribution in [0.15, 0.2) is 24.3 Å². The second kappa shape index (κ2) is 5.58. The Morgan fingerprint density at radius 2 is 1.74 bits per heavy atom. The number of nitrogens with two attached hydrogens (primary N) is 1. The van der Waals surface area contributed by atoms with E-state index in [1.54, 1.807) is 0 Å². The number of carbonyl (C=O) groups excluding carboxylic acids is 1. The highest BCUT2D eigenvalue weighted by Crippen LogP contribution is 2.19. The van der Waals surface area contributed by atoms with Crippen LogP contribution in [-0.4, -0.2) is 20.4 Å². The topological polar surface area (TPSA) is 101 Å².